The summed E-state index contributed by atoms with van der Waals surface area (Å²) in [6, 6.07) is 10.1. The Labute approximate surface area is 157 Å². The summed E-state index contributed by atoms with van der Waals surface area (Å²) >= 11 is 0. The van der Waals surface area contributed by atoms with Gasteiger partial charge in [-0.05, 0) is 18.2 Å². The Morgan fingerprint density at radius 2 is 1.89 bits per heavy atom. The minimum atomic E-state index is -0.495. The molecule has 0 atom stereocenters. The van der Waals surface area contributed by atoms with E-state index in [0.717, 1.165) is 5.69 Å². The molecular weight excluding hydrogens is 349 g/mol. The maximum absolute atomic E-state index is 13.7. The van der Waals surface area contributed by atoms with Gasteiger partial charge in [0.2, 0.25) is 0 Å². The van der Waals surface area contributed by atoms with Gasteiger partial charge in [0.15, 0.2) is 5.79 Å². The molecule has 1 N–H and O–H groups in total. The summed E-state index contributed by atoms with van der Waals surface area (Å²) in [5, 5.41) is 3.12. The fraction of sp³-hybridized carbons (Fsp3) is 0.400. The topological polar surface area (TPSA) is 63.7 Å². The average Bonchev–Trinajstić information content (AvgIpc) is 3.16. The fourth-order valence-electron chi connectivity index (χ4n) is 3.46. The van der Waals surface area contributed by atoms with E-state index < -0.39 is 5.79 Å². The Morgan fingerprint density at radius 3 is 2.56 bits per heavy atom. The zero-order valence-corrected chi connectivity index (χ0v) is 15.0. The van der Waals surface area contributed by atoms with Crippen molar-refractivity contribution < 1.29 is 18.7 Å². The van der Waals surface area contributed by atoms with Gasteiger partial charge in [0.1, 0.15) is 11.5 Å². The van der Waals surface area contributed by atoms with Crippen molar-refractivity contribution in [2.24, 2.45) is 0 Å². The second kappa shape index (κ2) is 7.62. The molecular formula is C20H22FN3O3. The third-order valence-corrected chi connectivity index (χ3v) is 5.05. The number of amides is 1. The Hall–Kier alpha value is -2.51. The summed E-state index contributed by atoms with van der Waals surface area (Å²) in [5.41, 5.74) is 1.71. The maximum Gasteiger partial charge on any atom is 0.272 e. The van der Waals surface area contributed by atoms with Crippen LogP contribution in [0, 0.1) is 5.82 Å². The second-order valence-corrected chi connectivity index (χ2v) is 6.78. The van der Waals surface area contributed by atoms with Gasteiger partial charge in [0.05, 0.1) is 25.1 Å². The number of carbonyl (C=O) groups is 1. The van der Waals surface area contributed by atoms with Crippen LogP contribution in [0.5, 0.6) is 0 Å². The van der Waals surface area contributed by atoms with Crippen LogP contribution in [0.1, 0.15) is 28.9 Å². The van der Waals surface area contributed by atoms with Gasteiger partial charge in [-0.25, -0.2) is 9.37 Å². The summed E-state index contributed by atoms with van der Waals surface area (Å²) < 4.78 is 25.0. The average molecular weight is 371 g/mol. The minimum absolute atomic E-state index is 0.0940. The molecule has 1 spiro atoms. The van der Waals surface area contributed by atoms with E-state index in [0.29, 0.717) is 56.9 Å². The van der Waals surface area contributed by atoms with Gasteiger partial charge in [0, 0.05) is 38.0 Å². The van der Waals surface area contributed by atoms with E-state index in [4.69, 9.17) is 9.47 Å². The van der Waals surface area contributed by atoms with Crippen molar-refractivity contribution in [3.63, 3.8) is 0 Å². The SMILES string of the molecule is O=C(c1ccc(NCc2ccccc2F)cn1)N1CCC2(CC1)OCCO2. The third kappa shape index (κ3) is 3.94. The van der Waals surface area contributed by atoms with Crippen molar-refractivity contribution in [3.05, 3.63) is 59.7 Å². The van der Waals surface area contributed by atoms with Crippen LogP contribution in [0.4, 0.5) is 10.1 Å². The van der Waals surface area contributed by atoms with Crippen molar-refractivity contribution in [1.29, 1.82) is 0 Å². The van der Waals surface area contributed by atoms with Crippen molar-refractivity contribution in [2.45, 2.75) is 25.2 Å². The predicted molar refractivity (Wildman–Crippen MR) is 97.7 cm³/mol. The fourth-order valence-corrected chi connectivity index (χ4v) is 3.46. The first-order chi connectivity index (χ1) is 13.2. The number of nitrogens with zero attached hydrogens (tertiary/aromatic N) is 2. The van der Waals surface area contributed by atoms with Crippen LogP contribution >= 0.6 is 0 Å². The monoisotopic (exact) mass is 371 g/mol. The molecule has 6 nitrogen and oxygen atoms in total. The molecule has 27 heavy (non-hydrogen) atoms. The highest BCUT2D eigenvalue weighted by Gasteiger charge is 2.40. The molecule has 3 heterocycles. The number of halogens is 1. The lowest BCUT2D eigenvalue weighted by atomic mass is 10.0. The Morgan fingerprint density at radius 1 is 1.15 bits per heavy atom. The minimum Gasteiger partial charge on any atom is -0.380 e. The highest BCUT2D eigenvalue weighted by Crippen LogP contribution is 2.31. The van der Waals surface area contributed by atoms with E-state index in [1.807, 2.05) is 0 Å². The maximum atomic E-state index is 13.7. The number of carbonyl (C=O) groups excluding carboxylic acids is 1. The van der Waals surface area contributed by atoms with Gasteiger partial charge < -0.3 is 19.7 Å². The van der Waals surface area contributed by atoms with E-state index in [1.54, 1.807) is 41.4 Å². The summed E-state index contributed by atoms with van der Waals surface area (Å²) in [6.07, 6.45) is 2.96. The molecule has 1 aromatic heterocycles. The Balaban J connectivity index is 1.33. The number of pyridine rings is 1. The molecule has 2 aliphatic heterocycles. The lowest BCUT2D eigenvalue weighted by Crippen LogP contribution is -2.47. The summed E-state index contributed by atoms with van der Waals surface area (Å²) in [4.78, 5) is 18.7. The number of nitrogens with one attached hydrogen (secondary N) is 1. The first kappa shape index (κ1) is 17.9. The van der Waals surface area contributed by atoms with Gasteiger partial charge in [-0.3, -0.25) is 4.79 Å². The molecule has 0 bridgehead atoms. The van der Waals surface area contributed by atoms with Crippen LogP contribution in [0.2, 0.25) is 0 Å². The van der Waals surface area contributed by atoms with E-state index in [-0.39, 0.29) is 11.7 Å². The number of hydrogen-bond acceptors (Lipinski definition) is 5. The first-order valence-corrected chi connectivity index (χ1v) is 9.16. The van der Waals surface area contributed by atoms with Gasteiger partial charge in [-0.15, -0.1) is 0 Å². The number of piperidine rings is 1. The van der Waals surface area contributed by atoms with Crippen LogP contribution in [-0.2, 0) is 16.0 Å². The number of aromatic nitrogens is 1. The van der Waals surface area contributed by atoms with E-state index in [1.165, 1.54) is 6.07 Å². The van der Waals surface area contributed by atoms with Crippen LogP contribution in [0.3, 0.4) is 0 Å². The molecule has 0 radical (unpaired) electrons. The molecule has 0 aliphatic carbocycles. The number of rotatable bonds is 4. The van der Waals surface area contributed by atoms with Crippen molar-refractivity contribution >= 4 is 11.6 Å². The van der Waals surface area contributed by atoms with Crippen LogP contribution in [0.25, 0.3) is 0 Å². The molecule has 7 heteroatoms. The molecule has 2 aromatic rings. The van der Waals surface area contributed by atoms with Gasteiger partial charge >= 0.3 is 0 Å². The number of likely N-dealkylation sites (tertiary alicyclic amines) is 1. The van der Waals surface area contributed by atoms with E-state index in [2.05, 4.69) is 10.3 Å². The molecule has 1 aromatic carbocycles. The van der Waals surface area contributed by atoms with Gasteiger partial charge in [-0.2, -0.15) is 0 Å². The number of anilines is 1. The standard InChI is InChI=1S/C20H22FN3O3/c21-17-4-2-1-3-15(17)13-22-16-5-6-18(23-14-16)19(25)24-9-7-20(8-10-24)26-11-12-27-20/h1-6,14,22H,7-13H2. The molecule has 1 amide bonds. The van der Waals surface area contributed by atoms with Crippen molar-refractivity contribution in [2.75, 3.05) is 31.6 Å². The highest BCUT2D eigenvalue weighted by molar-refractivity contribution is 5.92. The predicted octanol–water partition coefficient (Wildman–Crippen LogP) is 2.81. The van der Waals surface area contributed by atoms with E-state index >= 15 is 0 Å². The first-order valence-electron chi connectivity index (χ1n) is 9.16. The van der Waals surface area contributed by atoms with Crippen LogP contribution < -0.4 is 5.32 Å². The van der Waals surface area contributed by atoms with Crippen LogP contribution in [0.15, 0.2) is 42.6 Å². The van der Waals surface area contributed by atoms with Crippen molar-refractivity contribution in [3.8, 4) is 0 Å². The van der Waals surface area contributed by atoms with Crippen LogP contribution in [-0.4, -0.2) is 47.9 Å². The Bertz CT molecular complexity index is 796. The summed E-state index contributed by atoms with van der Waals surface area (Å²) in [5.74, 6) is -0.837. The summed E-state index contributed by atoms with van der Waals surface area (Å²) in [6.45, 7) is 2.78. The second-order valence-electron chi connectivity index (χ2n) is 6.78. The quantitative estimate of drug-likeness (QED) is 0.895. The molecule has 2 saturated heterocycles. The zero-order valence-electron chi connectivity index (χ0n) is 15.0. The number of hydrogen-bond donors (Lipinski definition) is 1. The smallest absolute Gasteiger partial charge is 0.272 e. The van der Waals surface area contributed by atoms with Gasteiger partial charge in [-0.1, -0.05) is 18.2 Å². The van der Waals surface area contributed by atoms with Gasteiger partial charge in [0.25, 0.3) is 5.91 Å². The molecule has 142 valence electrons. The zero-order chi connectivity index (χ0) is 18.7. The molecule has 0 unspecified atom stereocenters. The lowest BCUT2D eigenvalue weighted by Gasteiger charge is -2.37. The molecule has 4 rings (SSSR count). The molecule has 2 fully saturated rings. The van der Waals surface area contributed by atoms with Crippen molar-refractivity contribution in [1.82, 2.24) is 9.88 Å². The largest absolute Gasteiger partial charge is 0.380 e. The highest BCUT2D eigenvalue weighted by atomic mass is 19.1. The van der Waals surface area contributed by atoms with E-state index in [9.17, 15) is 9.18 Å². The number of benzene rings is 1. The normalized spacial score (nSPS) is 18.6. The summed E-state index contributed by atoms with van der Waals surface area (Å²) in [7, 11) is 0. The third-order valence-electron chi connectivity index (χ3n) is 5.05. The lowest BCUT2D eigenvalue weighted by molar-refractivity contribution is -0.181. The molecule has 0 saturated carbocycles. The Kier molecular flexibility index (Phi) is 5.05. The number of ether oxygens (including phenoxy) is 2. The molecule has 2 aliphatic rings.